The fourth-order valence-corrected chi connectivity index (χ4v) is 3.18. The van der Waals surface area contributed by atoms with Crippen molar-refractivity contribution in [3.63, 3.8) is 0 Å². The molecular weight excluding hydrogens is 240 g/mol. The zero-order chi connectivity index (χ0) is 14.1. The first-order valence-corrected chi connectivity index (χ1v) is 7.52. The average molecular weight is 262 g/mol. The van der Waals surface area contributed by atoms with Gasteiger partial charge in [0.25, 0.3) is 0 Å². The van der Waals surface area contributed by atoms with Crippen LogP contribution in [-0.4, -0.2) is 0 Å². The van der Waals surface area contributed by atoms with Crippen molar-refractivity contribution < 1.29 is 0 Å². The highest BCUT2D eigenvalue weighted by Crippen LogP contribution is 2.37. The third kappa shape index (κ3) is 2.43. The molecule has 0 amide bonds. The molecule has 0 saturated heterocycles. The van der Waals surface area contributed by atoms with Crippen LogP contribution in [0.2, 0.25) is 0 Å². The minimum Gasteiger partial charge on any atom is -0.0683 e. The lowest BCUT2D eigenvalue weighted by Gasteiger charge is -2.16. The fraction of sp³-hybridized carbons (Fsp3) is 0.300. The third-order valence-electron chi connectivity index (χ3n) is 3.97. The Bertz CT molecular complexity index is 645. The summed E-state index contributed by atoms with van der Waals surface area (Å²) in [6.07, 6.45) is 4.63. The molecule has 0 spiro atoms. The van der Waals surface area contributed by atoms with E-state index in [2.05, 4.69) is 69.3 Å². The van der Waals surface area contributed by atoms with Crippen molar-refractivity contribution >= 4 is 6.08 Å². The Morgan fingerprint density at radius 3 is 2.45 bits per heavy atom. The summed E-state index contributed by atoms with van der Waals surface area (Å²) in [4.78, 5) is 0. The molecule has 102 valence electrons. The quantitative estimate of drug-likeness (QED) is 0.684. The minimum atomic E-state index is 0.682. The number of rotatable bonds is 3. The van der Waals surface area contributed by atoms with E-state index in [1.54, 1.807) is 0 Å². The predicted molar refractivity (Wildman–Crippen MR) is 87.8 cm³/mol. The van der Waals surface area contributed by atoms with Crippen molar-refractivity contribution in [2.45, 2.75) is 33.6 Å². The number of fused-ring (bicyclic) bond motifs is 1. The monoisotopic (exact) mass is 262 g/mol. The first-order chi connectivity index (χ1) is 9.65. The largest absolute Gasteiger partial charge is 0.0683 e. The van der Waals surface area contributed by atoms with Crippen LogP contribution < -0.4 is 0 Å². The smallest absolute Gasteiger partial charge is 0.00604 e. The van der Waals surface area contributed by atoms with Crippen molar-refractivity contribution in [2.75, 3.05) is 0 Å². The van der Waals surface area contributed by atoms with Crippen LogP contribution in [0.25, 0.3) is 17.2 Å². The summed E-state index contributed by atoms with van der Waals surface area (Å²) in [6, 6.07) is 15.5. The Balaban J connectivity index is 2.21. The molecule has 0 radical (unpaired) electrons. The van der Waals surface area contributed by atoms with Crippen LogP contribution in [0.3, 0.4) is 0 Å². The Hall–Kier alpha value is -1.82. The van der Waals surface area contributed by atoms with E-state index in [1.807, 2.05) is 0 Å². The molecule has 20 heavy (non-hydrogen) atoms. The van der Waals surface area contributed by atoms with Crippen LogP contribution in [0.4, 0.5) is 0 Å². The molecule has 0 unspecified atom stereocenters. The zero-order valence-corrected chi connectivity index (χ0v) is 12.6. The molecule has 0 atom stereocenters. The van der Waals surface area contributed by atoms with Gasteiger partial charge in [-0.05, 0) is 53.5 Å². The van der Waals surface area contributed by atoms with E-state index in [4.69, 9.17) is 0 Å². The molecule has 0 aliphatic heterocycles. The van der Waals surface area contributed by atoms with E-state index in [-0.39, 0.29) is 0 Å². The number of hydrogen-bond acceptors (Lipinski definition) is 0. The van der Waals surface area contributed by atoms with Gasteiger partial charge in [-0.1, -0.05) is 68.0 Å². The Labute approximate surface area is 122 Å². The highest BCUT2D eigenvalue weighted by Gasteiger charge is 2.18. The Morgan fingerprint density at radius 2 is 1.75 bits per heavy atom. The number of hydrogen-bond donors (Lipinski definition) is 0. The lowest BCUT2D eigenvalue weighted by Crippen LogP contribution is -2.00. The van der Waals surface area contributed by atoms with Crippen LogP contribution >= 0.6 is 0 Å². The van der Waals surface area contributed by atoms with Crippen molar-refractivity contribution in [1.29, 1.82) is 0 Å². The molecule has 0 aromatic heterocycles. The Morgan fingerprint density at radius 1 is 1.00 bits per heavy atom. The van der Waals surface area contributed by atoms with Gasteiger partial charge in [0.2, 0.25) is 0 Å². The van der Waals surface area contributed by atoms with Gasteiger partial charge in [0.15, 0.2) is 0 Å². The molecule has 0 nitrogen and oxygen atoms in total. The zero-order valence-electron chi connectivity index (χ0n) is 12.6. The van der Waals surface area contributed by atoms with Crippen molar-refractivity contribution in [2.24, 2.45) is 5.92 Å². The first-order valence-electron chi connectivity index (χ1n) is 7.52. The summed E-state index contributed by atoms with van der Waals surface area (Å²) in [5.74, 6) is 0.682. The number of benzene rings is 2. The second kappa shape index (κ2) is 5.28. The van der Waals surface area contributed by atoms with E-state index in [9.17, 15) is 0 Å². The molecule has 2 aromatic rings. The van der Waals surface area contributed by atoms with Gasteiger partial charge in [0, 0.05) is 0 Å². The molecule has 2 aromatic carbocycles. The maximum atomic E-state index is 2.38. The third-order valence-corrected chi connectivity index (χ3v) is 3.97. The van der Waals surface area contributed by atoms with E-state index in [0.717, 1.165) is 12.8 Å². The molecule has 1 aliphatic carbocycles. The van der Waals surface area contributed by atoms with Crippen LogP contribution in [-0.2, 0) is 12.8 Å². The molecule has 1 aliphatic rings. The van der Waals surface area contributed by atoms with Gasteiger partial charge < -0.3 is 0 Å². The van der Waals surface area contributed by atoms with Gasteiger partial charge in [0.1, 0.15) is 0 Å². The highest BCUT2D eigenvalue weighted by atomic mass is 14.2. The standard InChI is InChI=1S/C20H22/c1-14(2)11-18-10-9-17-12-15(3)13-19(17)20(18)16-7-5-4-6-8-16/h4-10,13-14H,11-12H2,1-3H3. The minimum absolute atomic E-state index is 0.682. The van der Waals surface area contributed by atoms with Gasteiger partial charge in [-0.15, -0.1) is 0 Å². The highest BCUT2D eigenvalue weighted by molar-refractivity contribution is 5.83. The van der Waals surface area contributed by atoms with Crippen LogP contribution in [0, 0.1) is 5.92 Å². The summed E-state index contributed by atoms with van der Waals surface area (Å²) in [6.45, 7) is 6.82. The molecular formula is C20H22. The second-order valence-electron chi connectivity index (χ2n) is 6.30. The summed E-state index contributed by atoms with van der Waals surface area (Å²) >= 11 is 0. The second-order valence-corrected chi connectivity index (χ2v) is 6.30. The Kier molecular flexibility index (Phi) is 3.48. The van der Waals surface area contributed by atoms with Crippen molar-refractivity contribution in [3.8, 4) is 11.1 Å². The van der Waals surface area contributed by atoms with Crippen LogP contribution in [0.1, 0.15) is 37.5 Å². The summed E-state index contributed by atoms with van der Waals surface area (Å²) in [5.41, 5.74) is 8.69. The normalized spacial score (nSPS) is 13.5. The molecule has 0 fully saturated rings. The van der Waals surface area contributed by atoms with E-state index in [0.29, 0.717) is 5.92 Å². The van der Waals surface area contributed by atoms with Crippen LogP contribution in [0.15, 0.2) is 48.0 Å². The molecule has 3 rings (SSSR count). The van der Waals surface area contributed by atoms with Gasteiger partial charge in [0.05, 0.1) is 0 Å². The van der Waals surface area contributed by atoms with E-state index >= 15 is 0 Å². The molecule has 0 heteroatoms. The van der Waals surface area contributed by atoms with Gasteiger partial charge in [-0.3, -0.25) is 0 Å². The summed E-state index contributed by atoms with van der Waals surface area (Å²) < 4.78 is 0. The topological polar surface area (TPSA) is 0 Å². The first kappa shape index (κ1) is 13.2. The fourth-order valence-electron chi connectivity index (χ4n) is 3.18. The molecule has 0 saturated carbocycles. The molecule has 0 heterocycles. The average Bonchev–Trinajstić information content (AvgIpc) is 2.79. The van der Waals surface area contributed by atoms with E-state index in [1.165, 1.54) is 33.4 Å². The lowest BCUT2D eigenvalue weighted by atomic mass is 9.88. The number of allylic oxidation sites excluding steroid dienone is 1. The predicted octanol–water partition coefficient (Wildman–Crippen LogP) is 5.51. The van der Waals surface area contributed by atoms with E-state index < -0.39 is 0 Å². The lowest BCUT2D eigenvalue weighted by molar-refractivity contribution is 0.648. The summed E-state index contributed by atoms with van der Waals surface area (Å²) in [7, 11) is 0. The SMILES string of the molecule is CC1=Cc2c(ccc(CC(C)C)c2-c2ccccc2)C1. The summed E-state index contributed by atoms with van der Waals surface area (Å²) in [5, 5.41) is 0. The van der Waals surface area contributed by atoms with Gasteiger partial charge in [-0.2, -0.15) is 0 Å². The molecule has 0 bridgehead atoms. The van der Waals surface area contributed by atoms with Crippen LogP contribution in [0.5, 0.6) is 0 Å². The molecule has 0 N–H and O–H groups in total. The van der Waals surface area contributed by atoms with Gasteiger partial charge >= 0.3 is 0 Å². The van der Waals surface area contributed by atoms with Crippen molar-refractivity contribution in [1.82, 2.24) is 0 Å². The van der Waals surface area contributed by atoms with Crippen molar-refractivity contribution in [3.05, 3.63) is 64.7 Å². The van der Waals surface area contributed by atoms with Gasteiger partial charge in [-0.25, -0.2) is 0 Å². The maximum Gasteiger partial charge on any atom is -0.00604 e. The maximum absolute atomic E-state index is 2.38.